The van der Waals surface area contributed by atoms with Crippen molar-refractivity contribution in [2.45, 2.75) is 120 Å². The predicted molar refractivity (Wildman–Crippen MR) is 192 cm³/mol. The molecule has 0 saturated carbocycles. The zero-order valence-corrected chi connectivity index (χ0v) is 30.1. The van der Waals surface area contributed by atoms with E-state index in [-0.39, 0.29) is 51.0 Å². The number of amides is 8. The van der Waals surface area contributed by atoms with Crippen molar-refractivity contribution in [3.05, 3.63) is 0 Å². The Kier molecular flexibility index (Phi) is 18.4. The first kappa shape index (κ1) is 44.1. The fraction of sp³-hybridized carbons (Fsp3) is 0.719. The molecule has 2 fully saturated rings. The van der Waals surface area contributed by atoms with Crippen LogP contribution in [-0.4, -0.2) is 125 Å². The quantitative estimate of drug-likeness (QED) is 0.0266. The van der Waals surface area contributed by atoms with E-state index in [0.29, 0.717) is 64.6 Å². The lowest BCUT2D eigenvalue weighted by atomic mass is 10.0. The summed E-state index contributed by atoms with van der Waals surface area (Å²) < 4.78 is 0. The van der Waals surface area contributed by atoms with Crippen molar-refractivity contribution in [2.24, 2.45) is 45.1 Å². The molecule has 6 atom stereocenters. The van der Waals surface area contributed by atoms with Crippen molar-refractivity contribution in [1.82, 2.24) is 25.8 Å². The fourth-order valence-corrected chi connectivity index (χ4v) is 6.35. The highest BCUT2D eigenvalue weighted by molar-refractivity contribution is 5.97. The highest BCUT2D eigenvalue weighted by Gasteiger charge is 2.41. The molecule has 298 valence electrons. The molecule has 21 nitrogen and oxygen atoms in total. The maximum absolute atomic E-state index is 14.0. The van der Waals surface area contributed by atoms with E-state index < -0.39 is 83.5 Å². The van der Waals surface area contributed by atoms with Crippen LogP contribution in [0.5, 0.6) is 0 Å². The molecule has 2 aliphatic heterocycles. The second-order valence-corrected chi connectivity index (χ2v) is 13.3. The minimum atomic E-state index is -1.35. The molecule has 0 radical (unpaired) electrons. The van der Waals surface area contributed by atoms with Crippen LogP contribution in [0.15, 0.2) is 4.99 Å². The average molecular weight is 752 g/mol. The van der Waals surface area contributed by atoms with E-state index in [1.165, 1.54) is 9.80 Å². The Labute approximate surface area is 308 Å². The van der Waals surface area contributed by atoms with Crippen molar-refractivity contribution in [3.8, 4) is 0 Å². The van der Waals surface area contributed by atoms with Gasteiger partial charge in [-0.15, -0.1) is 0 Å². The Balaban J connectivity index is 2.19. The Bertz CT molecular complexity index is 1360. The van der Waals surface area contributed by atoms with Gasteiger partial charge in [0.15, 0.2) is 5.96 Å². The van der Waals surface area contributed by atoms with Gasteiger partial charge in [0.25, 0.3) is 0 Å². The number of carbonyl (C=O) groups excluding carboxylic acids is 8. The number of hydrogen-bond donors (Lipinski definition) is 10. The van der Waals surface area contributed by atoms with Gasteiger partial charge in [0, 0.05) is 32.5 Å². The van der Waals surface area contributed by atoms with Crippen molar-refractivity contribution < 1.29 is 38.4 Å². The summed E-state index contributed by atoms with van der Waals surface area (Å²) in [6.45, 7) is 1.14. The van der Waals surface area contributed by atoms with Crippen LogP contribution in [0.25, 0.3) is 0 Å². The zero-order chi connectivity index (χ0) is 39.7. The summed E-state index contributed by atoms with van der Waals surface area (Å²) in [6, 6.07) is -6.47. The number of unbranched alkanes of at least 4 members (excludes halogenated alkanes) is 1. The Morgan fingerprint density at radius 2 is 1.17 bits per heavy atom. The monoisotopic (exact) mass is 751 g/mol. The number of nitrogens with one attached hydrogen (secondary N) is 3. The minimum Gasteiger partial charge on any atom is -0.370 e. The number of nitrogens with zero attached hydrogens (tertiary/aromatic N) is 3. The largest absolute Gasteiger partial charge is 0.370 e. The van der Waals surface area contributed by atoms with Gasteiger partial charge in [-0.3, -0.25) is 43.3 Å². The zero-order valence-electron chi connectivity index (χ0n) is 30.1. The van der Waals surface area contributed by atoms with Gasteiger partial charge in [-0.1, -0.05) is 0 Å². The summed E-state index contributed by atoms with van der Waals surface area (Å²) in [5, 5.41) is 7.75. The van der Waals surface area contributed by atoms with Crippen LogP contribution < -0.4 is 56.1 Å². The van der Waals surface area contributed by atoms with Crippen molar-refractivity contribution >= 4 is 53.2 Å². The highest BCUT2D eigenvalue weighted by Crippen LogP contribution is 2.23. The van der Waals surface area contributed by atoms with Gasteiger partial charge in [-0.05, 0) is 77.2 Å². The molecule has 0 aromatic rings. The van der Waals surface area contributed by atoms with Gasteiger partial charge in [0.05, 0.1) is 6.04 Å². The number of primary amides is 3. The molecule has 0 aliphatic carbocycles. The standard InChI is InChI=1S/C32H57N13O8/c33-14-2-1-7-21(43-29(51)22-8-4-16-44(22)30(52)18(34)6-3-15-40-32(38)39)31(53)45-17-5-9-23(45)28(50)42-20(11-13-25(36)47)27(49)41-19(26(37)48)10-12-24(35)46/h18-23H,1-17,33-34H2,(H2,35,46)(H2,36,47)(H2,37,48)(H,41,49)(H,42,50)(H,43,51)(H4,38,39,40)/t18-,19-,20-,21+,22-,23-/m0/s1. The number of aliphatic imine (C=N–C) groups is 1. The number of nitrogens with two attached hydrogens (primary N) is 7. The van der Waals surface area contributed by atoms with Gasteiger partial charge in [0.1, 0.15) is 30.2 Å². The van der Waals surface area contributed by atoms with Crippen LogP contribution in [0.3, 0.4) is 0 Å². The van der Waals surface area contributed by atoms with Gasteiger partial charge in [0.2, 0.25) is 47.3 Å². The summed E-state index contributed by atoms with van der Waals surface area (Å²) in [6.07, 6.45) is 2.64. The van der Waals surface area contributed by atoms with Gasteiger partial charge < -0.3 is 65.9 Å². The average Bonchev–Trinajstić information content (AvgIpc) is 3.79. The fourth-order valence-electron chi connectivity index (χ4n) is 6.35. The normalized spacial score (nSPS) is 19.0. The van der Waals surface area contributed by atoms with Crippen LogP contribution in [-0.2, 0) is 38.4 Å². The second-order valence-electron chi connectivity index (χ2n) is 13.3. The molecule has 8 amide bonds. The third-order valence-corrected chi connectivity index (χ3v) is 9.18. The third-order valence-electron chi connectivity index (χ3n) is 9.18. The van der Waals surface area contributed by atoms with E-state index >= 15 is 0 Å². The summed E-state index contributed by atoms with van der Waals surface area (Å²) in [4.78, 5) is 109. The molecular formula is C32H57N13O8. The van der Waals surface area contributed by atoms with Crippen LogP contribution >= 0.6 is 0 Å². The second kappa shape index (κ2) is 22.1. The molecule has 0 aromatic carbocycles. The smallest absolute Gasteiger partial charge is 0.245 e. The van der Waals surface area contributed by atoms with Gasteiger partial charge in [-0.2, -0.15) is 0 Å². The van der Waals surface area contributed by atoms with E-state index in [1.54, 1.807) is 0 Å². The van der Waals surface area contributed by atoms with Crippen molar-refractivity contribution in [2.75, 3.05) is 26.2 Å². The molecule has 21 heteroatoms. The van der Waals surface area contributed by atoms with Crippen LogP contribution in [0.2, 0.25) is 0 Å². The lowest BCUT2D eigenvalue weighted by Crippen LogP contribution is -2.59. The maximum Gasteiger partial charge on any atom is 0.245 e. The lowest BCUT2D eigenvalue weighted by Gasteiger charge is -2.32. The minimum absolute atomic E-state index is 0.0700. The molecule has 2 saturated heterocycles. The van der Waals surface area contributed by atoms with E-state index in [9.17, 15) is 38.4 Å². The molecule has 0 aromatic heterocycles. The van der Waals surface area contributed by atoms with Gasteiger partial charge in [-0.25, -0.2) is 0 Å². The number of hydrogen-bond acceptors (Lipinski definition) is 11. The van der Waals surface area contributed by atoms with Crippen molar-refractivity contribution in [1.29, 1.82) is 0 Å². The Morgan fingerprint density at radius 3 is 1.68 bits per heavy atom. The molecule has 0 unspecified atom stereocenters. The van der Waals surface area contributed by atoms with Crippen molar-refractivity contribution in [3.63, 3.8) is 0 Å². The lowest BCUT2D eigenvalue weighted by molar-refractivity contribution is -0.144. The molecular weight excluding hydrogens is 694 g/mol. The summed E-state index contributed by atoms with van der Waals surface area (Å²) >= 11 is 0. The number of rotatable bonds is 23. The first-order valence-corrected chi connectivity index (χ1v) is 18.0. The predicted octanol–water partition coefficient (Wildman–Crippen LogP) is -5.05. The molecule has 17 N–H and O–H groups in total. The number of guanidine groups is 1. The maximum atomic E-state index is 14.0. The molecule has 53 heavy (non-hydrogen) atoms. The Hall–Kier alpha value is -5.05. The van der Waals surface area contributed by atoms with Crippen LogP contribution in [0.1, 0.15) is 83.5 Å². The highest BCUT2D eigenvalue weighted by atomic mass is 16.2. The number of likely N-dealkylation sites (tertiary alicyclic amines) is 2. The van der Waals surface area contributed by atoms with E-state index in [1.807, 2.05) is 0 Å². The summed E-state index contributed by atoms with van der Waals surface area (Å²) in [5.74, 6) is -5.52. The molecule has 2 heterocycles. The number of carbonyl (C=O) groups is 8. The molecule has 2 rings (SSSR count). The van der Waals surface area contributed by atoms with E-state index in [2.05, 4.69) is 20.9 Å². The molecule has 0 spiro atoms. The topological polar surface area (TPSA) is 374 Å². The summed E-state index contributed by atoms with van der Waals surface area (Å²) in [5.41, 5.74) is 38.3. The SMILES string of the molecule is NCCCC[C@@H](NC(=O)[C@@H]1CCCN1C(=O)[C@@H](N)CCCN=C(N)N)C(=O)N1CCC[C@H]1C(=O)N[C@@H](CCC(N)=O)C(=O)N[C@@H](CCC(N)=O)C(N)=O. The van der Waals surface area contributed by atoms with Gasteiger partial charge >= 0.3 is 0 Å². The van der Waals surface area contributed by atoms with Crippen LogP contribution in [0, 0.1) is 0 Å². The first-order valence-electron chi connectivity index (χ1n) is 18.0. The first-order chi connectivity index (χ1) is 25.1. The summed E-state index contributed by atoms with van der Waals surface area (Å²) in [7, 11) is 0. The van der Waals surface area contributed by atoms with E-state index in [0.717, 1.165) is 0 Å². The molecule has 0 bridgehead atoms. The Morgan fingerprint density at radius 1 is 0.642 bits per heavy atom. The molecule has 2 aliphatic rings. The van der Waals surface area contributed by atoms with E-state index in [4.69, 9.17) is 40.1 Å². The van der Waals surface area contributed by atoms with Crippen LogP contribution in [0.4, 0.5) is 0 Å². The third kappa shape index (κ3) is 14.5.